The van der Waals surface area contributed by atoms with E-state index < -0.39 is 27.4 Å². The fraction of sp³-hybridized carbons (Fsp3) is 0.333. The van der Waals surface area contributed by atoms with Crippen LogP contribution in [0.3, 0.4) is 0 Å². The number of ketones is 1. The van der Waals surface area contributed by atoms with Crippen molar-refractivity contribution >= 4 is 21.7 Å². The van der Waals surface area contributed by atoms with Crippen LogP contribution in [-0.4, -0.2) is 30.0 Å². The molecule has 1 fully saturated rings. The molecule has 1 heterocycles. The average Bonchev–Trinajstić information content (AvgIpc) is 2.77. The monoisotopic (exact) mass is 345 g/mol. The van der Waals surface area contributed by atoms with Crippen LogP contribution in [0.4, 0.5) is 0 Å². The van der Waals surface area contributed by atoms with Crippen LogP contribution in [0.25, 0.3) is 0 Å². The molecular weight excluding hydrogens is 326 g/mol. The molecule has 0 bridgehead atoms. The molecular formula is C18H19NO4S. The van der Waals surface area contributed by atoms with E-state index in [-0.39, 0.29) is 22.7 Å². The lowest BCUT2D eigenvalue weighted by molar-refractivity contribution is -0.123. The molecule has 3 rings (SSSR count). The van der Waals surface area contributed by atoms with Gasteiger partial charge in [0.25, 0.3) is 15.9 Å². The van der Waals surface area contributed by atoms with Crippen molar-refractivity contribution in [3.8, 4) is 0 Å². The average molecular weight is 345 g/mol. The Kier molecular flexibility index (Phi) is 3.75. The van der Waals surface area contributed by atoms with Gasteiger partial charge in [0, 0.05) is 17.9 Å². The number of carbonyl (C=O) groups is 2. The first kappa shape index (κ1) is 16.6. The van der Waals surface area contributed by atoms with Crippen LogP contribution in [0, 0.1) is 12.8 Å². The third kappa shape index (κ3) is 2.17. The van der Waals surface area contributed by atoms with Gasteiger partial charge in [-0.2, -0.15) is 0 Å². The van der Waals surface area contributed by atoms with Crippen LogP contribution in [0.5, 0.6) is 0 Å². The second kappa shape index (κ2) is 5.41. The van der Waals surface area contributed by atoms with Gasteiger partial charge in [-0.1, -0.05) is 37.3 Å². The Labute approximate surface area is 141 Å². The highest BCUT2D eigenvalue weighted by molar-refractivity contribution is 7.89. The minimum atomic E-state index is -4.04. The number of fused-ring (bicyclic) bond motifs is 1. The molecule has 126 valence electrons. The van der Waals surface area contributed by atoms with Crippen molar-refractivity contribution < 1.29 is 18.0 Å². The molecule has 0 unspecified atom stereocenters. The molecule has 1 aliphatic heterocycles. The fourth-order valence-corrected chi connectivity index (χ4v) is 5.35. The molecule has 0 N–H and O–H groups in total. The smallest absolute Gasteiger partial charge is 0.267 e. The third-order valence-electron chi connectivity index (χ3n) is 4.95. The summed E-state index contributed by atoms with van der Waals surface area (Å²) in [7, 11) is -4.04. The first-order chi connectivity index (χ1) is 11.2. The zero-order chi connectivity index (χ0) is 17.7. The summed E-state index contributed by atoms with van der Waals surface area (Å²) in [6, 6.07) is 6.38. The predicted molar refractivity (Wildman–Crippen MR) is 89.6 cm³/mol. The molecule has 1 amide bonds. The van der Waals surface area contributed by atoms with Gasteiger partial charge >= 0.3 is 0 Å². The Morgan fingerprint density at radius 3 is 2.46 bits per heavy atom. The molecule has 24 heavy (non-hydrogen) atoms. The summed E-state index contributed by atoms with van der Waals surface area (Å²) < 4.78 is 27.2. The van der Waals surface area contributed by atoms with Crippen molar-refractivity contribution in [3.05, 3.63) is 54.1 Å². The van der Waals surface area contributed by atoms with Gasteiger partial charge in [-0.3, -0.25) is 9.59 Å². The zero-order valence-electron chi connectivity index (χ0n) is 13.7. The molecule has 1 aliphatic carbocycles. The normalized spacial score (nSPS) is 26.8. The molecule has 0 aromatic heterocycles. The first-order valence-electron chi connectivity index (χ1n) is 7.81. The number of amides is 1. The number of sulfonamides is 1. The van der Waals surface area contributed by atoms with Crippen LogP contribution >= 0.6 is 0 Å². The quantitative estimate of drug-likeness (QED) is 0.789. The van der Waals surface area contributed by atoms with Crippen LogP contribution in [0.2, 0.25) is 0 Å². The number of benzene rings is 1. The van der Waals surface area contributed by atoms with Gasteiger partial charge < -0.3 is 0 Å². The third-order valence-corrected chi connectivity index (χ3v) is 6.80. The van der Waals surface area contributed by atoms with E-state index in [1.165, 1.54) is 18.2 Å². The maximum absolute atomic E-state index is 13.1. The summed E-state index contributed by atoms with van der Waals surface area (Å²) >= 11 is 0. The van der Waals surface area contributed by atoms with Gasteiger partial charge in [0.05, 0.1) is 10.4 Å². The van der Waals surface area contributed by atoms with Gasteiger partial charge in [-0.25, -0.2) is 12.7 Å². The van der Waals surface area contributed by atoms with E-state index in [0.29, 0.717) is 6.42 Å². The Bertz CT molecular complexity index is 867. The molecule has 2 aliphatic rings. The number of nitrogens with zero attached hydrogens (tertiary/aromatic N) is 1. The zero-order valence-corrected chi connectivity index (χ0v) is 14.5. The summed E-state index contributed by atoms with van der Waals surface area (Å²) in [5.74, 6) is -1.25. The number of rotatable bonds is 3. The van der Waals surface area contributed by atoms with Crippen molar-refractivity contribution in [2.24, 2.45) is 5.92 Å². The van der Waals surface area contributed by atoms with Crippen LogP contribution in [0.15, 0.2) is 53.5 Å². The van der Waals surface area contributed by atoms with E-state index in [1.807, 2.05) is 13.8 Å². The molecule has 0 saturated carbocycles. The Morgan fingerprint density at radius 1 is 1.25 bits per heavy atom. The van der Waals surface area contributed by atoms with Crippen LogP contribution < -0.4 is 0 Å². The largest absolute Gasteiger partial charge is 0.295 e. The lowest BCUT2D eigenvalue weighted by Crippen LogP contribution is -2.51. The van der Waals surface area contributed by atoms with Crippen molar-refractivity contribution in [1.82, 2.24) is 4.31 Å². The summed E-state index contributed by atoms with van der Waals surface area (Å²) in [5, 5.41) is 0. The highest BCUT2D eigenvalue weighted by atomic mass is 32.2. The second-order valence-corrected chi connectivity index (χ2v) is 8.10. The Hall–Kier alpha value is -2.21. The number of hydrogen-bond donors (Lipinski definition) is 0. The maximum atomic E-state index is 13.1. The summed E-state index contributed by atoms with van der Waals surface area (Å²) in [6.45, 7) is 7.45. The summed E-state index contributed by atoms with van der Waals surface area (Å²) in [5.41, 5.74) is 0.0637. The Morgan fingerprint density at radius 2 is 1.88 bits per heavy atom. The van der Waals surface area contributed by atoms with E-state index in [2.05, 4.69) is 6.58 Å². The maximum Gasteiger partial charge on any atom is 0.267 e. The second-order valence-electron chi connectivity index (χ2n) is 6.31. The standard InChI is InChI=1S/C18H19NO4S/c1-4-18-10-9-14(20)11-16(18)13(3)17(21)19(18)24(22,23)15-7-5-12(2)6-8-15/h5-10,16H,3-4,11H2,1-2H3/t16-,18-/m1/s1. The van der Waals surface area contributed by atoms with Gasteiger partial charge in [0.2, 0.25) is 0 Å². The van der Waals surface area contributed by atoms with E-state index in [4.69, 9.17) is 0 Å². The van der Waals surface area contributed by atoms with Crippen molar-refractivity contribution in [2.45, 2.75) is 37.1 Å². The van der Waals surface area contributed by atoms with Crippen molar-refractivity contribution in [1.29, 1.82) is 0 Å². The molecule has 2 atom stereocenters. The van der Waals surface area contributed by atoms with E-state index in [1.54, 1.807) is 18.2 Å². The van der Waals surface area contributed by atoms with Crippen LogP contribution in [0.1, 0.15) is 25.3 Å². The molecule has 1 saturated heterocycles. The highest BCUT2D eigenvalue weighted by Crippen LogP contribution is 2.48. The fourth-order valence-electron chi connectivity index (χ4n) is 3.56. The molecule has 1 aromatic rings. The van der Waals surface area contributed by atoms with Gasteiger partial charge in [0.1, 0.15) is 0 Å². The number of carbonyl (C=O) groups excluding carboxylic acids is 2. The molecule has 0 spiro atoms. The minimum Gasteiger partial charge on any atom is -0.295 e. The number of aryl methyl sites for hydroxylation is 1. The van der Waals surface area contributed by atoms with E-state index in [9.17, 15) is 18.0 Å². The van der Waals surface area contributed by atoms with Crippen molar-refractivity contribution in [2.75, 3.05) is 0 Å². The highest BCUT2D eigenvalue weighted by Gasteiger charge is 2.59. The van der Waals surface area contributed by atoms with Crippen LogP contribution in [-0.2, 0) is 19.6 Å². The van der Waals surface area contributed by atoms with Gasteiger partial charge in [0.15, 0.2) is 5.78 Å². The molecule has 1 aromatic carbocycles. The lowest BCUT2D eigenvalue weighted by atomic mass is 9.75. The predicted octanol–water partition coefficient (Wildman–Crippen LogP) is 2.38. The van der Waals surface area contributed by atoms with Crippen molar-refractivity contribution in [3.63, 3.8) is 0 Å². The topological polar surface area (TPSA) is 71.5 Å². The lowest BCUT2D eigenvalue weighted by Gasteiger charge is -2.39. The number of hydrogen-bond acceptors (Lipinski definition) is 4. The SMILES string of the molecule is C=C1C(=O)N(S(=O)(=O)c2ccc(C)cc2)[C@]2(CC)C=CC(=O)C[C@H]12. The minimum absolute atomic E-state index is 0.0630. The summed E-state index contributed by atoms with van der Waals surface area (Å²) in [4.78, 5) is 24.6. The molecule has 0 radical (unpaired) electrons. The summed E-state index contributed by atoms with van der Waals surface area (Å²) in [6.07, 6.45) is 3.43. The molecule has 6 heteroatoms. The first-order valence-corrected chi connectivity index (χ1v) is 9.25. The molecule has 5 nitrogen and oxygen atoms in total. The van der Waals surface area contributed by atoms with E-state index in [0.717, 1.165) is 9.87 Å². The van der Waals surface area contributed by atoms with Gasteiger partial charge in [-0.05, 0) is 31.6 Å². The Balaban J connectivity index is 2.20. The van der Waals surface area contributed by atoms with Gasteiger partial charge in [-0.15, -0.1) is 0 Å². The van der Waals surface area contributed by atoms with E-state index >= 15 is 0 Å². The number of allylic oxidation sites excluding steroid dienone is 1.